The van der Waals surface area contributed by atoms with Crippen LogP contribution in [0.1, 0.15) is 18.5 Å². The van der Waals surface area contributed by atoms with Gasteiger partial charge in [0.15, 0.2) is 0 Å². The molecule has 1 aliphatic rings. The van der Waals surface area contributed by atoms with Gasteiger partial charge in [-0.15, -0.1) is 0 Å². The summed E-state index contributed by atoms with van der Waals surface area (Å²) in [6, 6.07) is 10.5. The summed E-state index contributed by atoms with van der Waals surface area (Å²) in [4.78, 5) is 8.66. The van der Waals surface area contributed by atoms with Crippen LogP contribution >= 0.6 is 22.6 Å². The summed E-state index contributed by atoms with van der Waals surface area (Å²) in [6.45, 7) is 2.93. The number of aliphatic imine (C=N–C) groups is 2. The van der Waals surface area contributed by atoms with E-state index in [4.69, 9.17) is 0 Å². The lowest BCUT2D eigenvalue weighted by Crippen LogP contribution is -2.29. The smallest absolute Gasteiger partial charge is 0.218 e. The van der Waals surface area contributed by atoms with E-state index in [-0.39, 0.29) is 6.04 Å². The first-order chi connectivity index (χ1) is 7.75. The summed E-state index contributed by atoms with van der Waals surface area (Å²) in [5.74, 6) is 0.740. The molecule has 0 amide bonds. The first kappa shape index (κ1) is 11.6. The summed E-state index contributed by atoms with van der Waals surface area (Å²) in [7, 11) is 0. The monoisotopic (exact) mass is 327 g/mol. The van der Waals surface area contributed by atoms with Crippen LogP contribution < -0.4 is 5.32 Å². The van der Waals surface area contributed by atoms with Crippen molar-refractivity contribution in [1.29, 1.82) is 0 Å². The van der Waals surface area contributed by atoms with Gasteiger partial charge >= 0.3 is 0 Å². The van der Waals surface area contributed by atoms with Crippen molar-refractivity contribution in [3.63, 3.8) is 0 Å². The zero-order valence-corrected chi connectivity index (χ0v) is 11.3. The number of nitrogens with one attached hydrogen (secondary N) is 1. The first-order valence-electron chi connectivity index (χ1n) is 5.30. The molecule has 1 aliphatic heterocycles. The largest absolute Gasteiger partial charge is 0.348 e. The lowest BCUT2D eigenvalue weighted by atomic mass is 10.1. The van der Waals surface area contributed by atoms with E-state index in [0.29, 0.717) is 3.92 Å². The van der Waals surface area contributed by atoms with Gasteiger partial charge in [0.2, 0.25) is 5.96 Å². The fraction of sp³-hybridized carbons (Fsp3) is 0.333. The predicted molar refractivity (Wildman–Crippen MR) is 76.6 cm³/mol. The van der Waals surface area contributed by atoms with Crippen LogP contribution in [0, 0.1) is 0 Å². The number of rotatable bonds is 2. The van der Waals surface area contributed by atoms with Crippen molar-refractivity contribution in [1.82, 2.24) is 5.32 Å². The summed E-state index contributed by atoms with van der Waals surface area (Å²) in [6.07, 6.45) is 1.94. The number of alkyl halides is 1. The van der Waals surface area contributed by atoms with E-state index in [1.54, 1.807) is 0 Å². The van der Waals surface area contributed by atoms with Crippen LogP contribution in [0.4, 0.5) is 0 Å². The van der Waals surface area contributed by atoms with Crippen molar-refractivity contribution in [3.05, 3.63) is 35.9 Å². The molecule has 16 heavy (non-hydrogen) atoms. The van der Waals surface area contributed by atoms with Gasteiger partial charge in [-0.05, 0) is 12.5 Å². The molecule has 0 fully saturated rings. The van der Waals surface area contributed by atoms with Gasteiger partial charge in [-0.3, -0.25) is 0 Å². The van der Waals surface area contributed by atoms with E-state index in [1.807, 2.05) is 24.4 Å². The first-order valence-corrected chi connectivity index (χ1v) is 6.54. The highest BCUT2D eigenvalue weighted by molar-refractivity contribution is 14.1. The highest BCUT2D eigenvalue weighted by Gasteiger charge is 2.10. The van der Waals surface area contributed by atoms with Crippen molar-refractivity contribution >= 4 is 34.8 Å². The third-order valence-electron chi connectivity index (χ3n) is 2.42. The maximum absolute atomic E-state index is 4.38. The van der Waals surface area contributed by atoms with Gasteiger partial charge in [-0.25, -0.2) is 9.98 Å². The second-order valence-electron chi connectivity index (χ2n) is 3.74. The Morgan fingerprint density at radius 2 is 2.12 bits per heavy atom. The summed E-state index contributed by atoms with van der Waals surface area (Å²) in [5.41, 5.74) is 1.25. The number of halogens is 1. The van der Waals surface area contributed by atoms with Crippen LogP contribution in [-0.2, 0) is 0 Å². The van der Waals surface area contributed by atoms with E-state index < -0.39 is 0 Å². The van der Waals surface area contributed by atoms with E-state index in [2.05, 4.69) is 56.9 Å². The fourth-order valence-electron chi connectivity index (χ4n) is 1.51. The van der Waals surface area contributed by atoms with Gasteiger partial charge < -0.3 is 5.32 Å². The second-order valence-corrected chi connectivity index (χ2v) is 5.34. The van der Waals surface area contributed by atoms with Gasteiger partial charge in [-0.1, -0.05) is 52.9 Å². The molecule has 0 spiro atoms. The van der Waals surface area contributed by atoms with Crippen LogP contribution in [0.25, 0.3) is 0 Å². The van der Waals surface area contributed by atoms with Crippen LogP contribution in [0.3, 0.4) is 0 Å². The molecule has 1 aromatic carbocycles. The Morgan fingerprint density at radius 3 is 2.75 bits per heavy atom. The standard InChI is InChI=1S/C12H14IN3/c1-9(10-5-3-2-4-6-10)16-12-14-7-11(13)8-15-12/h2-7,9,11H,8H2,1H3,(H,15,16)/t9-,11?/m1/s1. The van der Waals surface area contributed by atoms with Crippen molar-refractivity contribution < 1.29 is 0 Å². The molecular formula is C12H14IN3. The molecule has 0 saturated carbocycles. The topological polar surface area (TPSA) is 36.8 Å². The normalized spacial score (nSPS) is 21.4. The lowest BCUT2D eigenvalue weighted by molar-refractivity contribution is 0.707. The van der Waals surface area contributed by atoms with E-state index >= 15 is 0 Å². The molecule has 1 heterocycles. The Labute approximate surface area is 109 Å². The molecular weight excluding hydrogens is 313 g/mol. The predicted octanol–water partition coefficient (Wildman–Crippen LogP) is 2.58. The highest BCUT2D eigenvalue weighted by Crippen LogP contribution is 2.12. The molecule has 2 rings (SSSR count). The van der Waals surface area contributed by atoms with E-state index in [0.717, 1.165) is 12.5 Å². The van der Waals surface area contributed by atoms with Crippen molar-refractivity contribution in [2.24, 2.45) is 9.98 Å². The van der Waals surface area contributed by atoms with Gasteiger partial charge in [0, 0.05) is 6.21 Å². The van der Waals surface area contributed by atoms with Crippen LogP contribution in [0.5, 0.6) is 0 Å². The van der Waals surface area contributed by atoms with Gasteiger partial charge in [0.1, 0.15) is 0 Å². The zero-order chi connectivity index (χ0) is 11.4. The van der Waals surface area contributed by atoms with Gasteiger partial charge in [0.25, 0.3) is 0 Å². The van der Waals surface area contributed by atoms with Crippen LogP contribution in [-0.4, -0.2) is 22.6 Å². The fourth-order valence-corrected chi connectivity index (χ4v) is 1.87. The highest BCUT2D eigenvalue weighted by atomic mass is 127. The minimum absolute atomic E-state index is 0.239. The maximum atomic E-state index is 4.38. The summed E-state index contributed by atoms with van der Waals surface area (Å²) >= 11 is 2.33. The van der Waals surface area contributed by atoms with Gasteiger partial charge in [0.05, 0.1) is 16.5 Å². The lowest BCUT2D eigenvalue weighted by Gasteiger charge is -2.17. The zero-order valence-electron chi connectivity index (χ0n) is 9.10. The Bertz CT molecular complexity index is 400. The van der Waals surface area contributed by atoms with E-state index in [1.165, 1.54) is 5.56 Å². The number of nitrogens with zero attached hydrogens (tertiary/aromatic N) is 2. The molecule has 0 bridgehead atoms. The maximum Gasteiger partial charge on any atom is 0.218 e. The van der Waals surface area contributed by atoms with Gasteiger partial charge in [-0.2, -0.15) is 0 Å². The molecule has 3 nitrogen and oxygen atoms in total. The Balaban J connectivity index is 1.98. The molecule has 1 unspecified atom stereocenters. The van der Waals surface area contributed by atoms with Crippen molar-refractivity contribution in [3.8, 4) is 0 Å². The molecule has 1 N–H and O–H groups in total. The summed E-state index contributed by atoms with van der Waals surface area (Å²) < 4.78 is 0.426. The second kappa shape index (κ2) is 5.43. The number of hydrogen-bond donors (Lipinski definition) is 1. The van der Waals surface area contributed by atoms with Crippen LogP contribution in [0.2, 0.25) is 0 Å². The Kier molecular flexibility index (Phi) is 3.93. The molecule has 1 aromatic rings. The Hall–Kier alpha value is -0.910. The van der Waals surface area contributed by atoms with Crippen molar-refractivity contribution in [2.75, 3.05) is 6.54 Å². The third kappa shape index (κ3) is 3.04. The molecule has 4 heteroatoms. The molecule has 0 saturated heterocycles. The summed E-state index contributed by atoms with van der Waals surface area (Å²) in [5, 5.41) is 3.30. The SMILES string of the molecule is C[C@@H](NC1=NCC(I)C=N1)c1ccccc1. The molecule has 2 atom stereocenters. The number of hydrogen-bond acceptors (Lipinski definition) is 3. The quantitative estimate of drug-likeness (QED) is 0.658. The van der Waals surface area contributed by atoms with Crippen LogP contribution in [0.15, 0.2) is 40.3 Å². The molecule has 84 valence electrons. The molecule has 0 aromatic heterocycles. The number of guanidine groups is 1. The molecule has 0 radical (unpaired) electrons. The minimum Gasteiger partial charge on any atom is -0.348 e. The van der Waals surface area contributed by atoms with E-state index in [9.17, 15) is 0 Å². The Morgan fingerprint density at radius 1 is 1.38 bits per heavy atom. The number of benzene rings is 1. The van der Waals surface area contributed by atoms with Crippen molar-refractivity contribution in [2.45, 2.75) is 16.9 Å². The third-order valence-corrected chi connectivity index (χ3v) is 3.13. The average Bonchev–Trinajstić information content (AvgIpc) is 2.33. The average molecular weight is 327 g/mol. The molecule has 0 aliphatic carbocycles. The minimum atomic E-state index is 0.239.